The van der Waals surface area contributed by atoms with Gasteiger partial charge in [0.2, 0.25) is 0 Å². The molecule has 7 heteroatoms. The van der Waals surface area contributed by atoms with Crippen LogP contribution >= 0.6 is 48.0 Å². The first-order chi connectivity index (χ1) is 12.2. The van der Waals surface area contributed by atoms with Crippen LogP contribution in [-0.2, 0) is 0 Å². The Morgan fingerprint density at radius 1 is 1.00 bits per heavy atom. The number of halogens is 4. The molecule has 0 aliphatic heterocycles. The number of anilines is 1. The average molecular weight is 449 g/mol. The Labute approximate surface area is 183 Å². The number of para-hydroxylation sites is 1. The maximum Gasteiger partial charge on any atom is 0.0745 e. The lowest BCUT2D eigenvalue weighted by molar-refractivity contribution is 0.631. The van der Waals surface area contributed by atoms with E-state index in [-0.39, 0.29) is 30.2 Å². The van der Waals surface area contributed by atoms with Crippen LogP contribution < -0.4 is 10.6 Å². The van der Waals surface area contributed by atoms with Gasteiger partial charge in [0.1, 0.15) is 0 Å². The summed E-state index contributed by atoms with van der Waals surface area (Å²) in [4.78, 5) is 4.73. The van der Waals surface area contributed by atoms with Crippen molar-refractivity contribution in [1.29, 1.82) is 0 Å². The molecule has 2 N–H and O–H groups in total. The second kappa shape index (κ2) is 11.8. The quantitative estimate of drug-likeness (QED) is 0.241. The number of alkyl halides is 1. The summed E-state index contributed by atoms with van der Waals surface area (Å²) in [5, 5.41) is 10.2. The summed E-state index contributed by atoms with van der Waals surface area (Å²) < 4.78 is 0. The molecule has 0 radical (unpaired) electrons. The number of nitrogens with zero attached hydrogens (tertiary/aromatic N) is 1. The molecule has 0 spiro atoms. The fourth-order valence-corrected chi connectivity index (χ4v) is 3.16. The largest absolute Gasteiger partial charge is 0.384 e. The van der Waals surface area contributed by atoms with E-state index in [1.54, 1.807) is 0 Å². The van der Waals surface area contributed by atoms with Gasteiger partial charge in [-0.1, -0.05) is 36.7 Å². The molecule has 3 aromatic rings. The van der Waals surface area contributed by atoms with E-state index in [4.69, 9.17) is 28.2 Å². The van der Waals surface area contributed by atoms with Crippen molar-refractivity contribution in [1.82, 2.24) is 10.3 Å². The van der Waals surface area contributed by atoms with Gasteiger partial charge in [-0.3, -0.25) is 0 Å². The van der Waals surface area contributed by atoms with Crippen LogP contribution in [-0.4, -0.2) is 30.0 Å². The topological polar surface area (TPSA) is 37.0 Å². The second-order valence-corrected chi connectivity index (χ2v) is 7.21. The van der Waals surface area contributed by atoms with Gasteiger partial charge in [-0.05, 0) is 43.7 Å². The zero-order valence-electron chi connectivity index (χ0n) is 15.2. The molecule has 0 saturated heterocycles. The molecule has 0 bridgehead atoms. The third-order valence-electron chi connectivity index (χ3n) is 4.28. The Kier molecular flexibility index (Phi) is 10.5. The lowest BCUT2D eigenvalue weighted by atomic mass is 10.1. The van der Waals surface area contributed by atoms with E-state index in [2.05, 4.69) is 23.6 Å². The first-order valence-electron chi connectivity index (χ1n) is 8.75. The van der Waals surface area contributed by atoms with E-state index in [0.29, 0.717) is 5.02 Å². The number of benzene rings is 2. The molecule has 3 nitrogen and oxygen atoms in total. The van der Waals surface area contributed by atoms with E-state index < -0.39 is 0 Å². The summed E-state index contributed by atoms with van der Waals surface area (Å²) in [5.41, 5.74) is 3.02. The lowest BCUT2D eigenvalue weighted by Crippen LogP contribution is -2.25. The molecule has 1 aromatic heterocycles. The van der Waals surface area contributed by atoms with Crippen molar-refractivity contribution < 1.29 is 0 Å². The van der Waals surface area contributed by atoms with Gasteiger partial charge in [-0.2, -0.15) is 0 Å². The molecule has 0 aliphatic carbocycles. The summed E-state index contributed by atoms with van der Waals surface area (Å²) in [5.74, 6) is 0. The molecule has 2 aromatic carbocycles. The predicted octanol–water partition coefficient (Wildman–Crippen LogP) is 6.29. The highest BCUT2D eigenvalue weighted by Gasteiger charge is 2.09. The van der Waals surface area contributed by atoms with Gasteiger partial charge in [0, 0.05) is 34.3 Å². The maximum absolute atomic E-state index is 6.14. The Balaban J connectivity index is 0.00000182. The summed E-state index contributed by atoms with van der Waals surface area (Å²) >= 11 is 12.3. The number of fused-ring (bicyclic) bond motifs is 2. The fourth-order valence-electron chi connectivity index (χ4n) is 2.89. The number of rotatable bonds is 8. The highest BCUT2D eigenvalue weighted by Crippen LogP contribution is 2.31. The van der Waals surface area contributed by atoms with Crippen molar-refractivity contribution in [3.63, 3.8) is 0 Å². The molecule has 148 valence electrons. The van der Waals surface area contributed by atoms with Crippen molar-refractivity contribution in [3.8, 4) is 0 Å². The Bertz CT molecular complexity index is 857. The zero-order valence-corrected chi connectivity index (χ0v) is 18.3. The van der Waals surface area contributed by atoms with E-state index >= 15 is 0 Å². The lowest BCUT2D eigenvalue weighted by Gasteiger charge is -2.14. The van der Waals surface area contributed by atoms with Crippen LogP contribution in [0.4, 0.5) is 5.69 Å². The predicted molar refractivity (Wildman–Crippen MR) is 125 cm³/mol. The van der Waals surface area contributed by atoms with Crippen LogP contribution in [0, 0.1) is 0 Å². The summed E-state index contributed by atoms with van der Waals surface area (Å²) in [7, 11) is 0. The Morgan fingerprint density at radius 2 is 1.74 bits per heavy atom. The van der Waals surface area contributed by atoms with E-state index in [9.17, 15) is 0 Å². The summed E-state index contributed by atoms with van der Waals surface area (Å²) in [6.07, 6.45) is 2.02. The van der Waals surface area contributed by atoms with Crippen LogP contribution in [0.2, 0.25) is 5.02 Å². The molecular weight excluding hydrogens is 424 g/mol. The van der Waals surface area contributed by atoms with Crippen molar-refractivity contribution in [3.05, 3.63) is 47.5 Å². The van der Waals surface area contributed by atoms with Crippen molar-refractivity contribution in [2.45, 2.75) is 25.1 Å². The minimum Gasteiger partial charge on any atom is -0.384 e. The highest BCUT2D eigenvalue weighted by atomic mass is 35.5. The SMILES string of the molecule is CCC(Cl)CNCCCNc1c2ccccc2nc2cc(Cl)ccc12.Cl.Cl. The molecule has 1 heterocycles. The minimum absolute atomic E-state index is 0. The van der Waals surface area contributed by atoms with Gasteiger partial charge >= 0.3 is 0 Å². The fraction of sp³-hybridized carbons (Fsp3) is 0.350. The van der Waals surface area contributed by atoms with Crippen molar-refractivity contribution >= 4 is 75.5 Å². The molecule has 0 aliphatic rings. The van der Waals surface area contributed by atoms with E-state index in [1.807, 2.05) is 36.4 Å². The highest BCUT2D eigenvalue weighted by molar-refractivity contribution is 6.31. The van der Waals surface area contributed by atoms with Crippen LogP contribution in [0.3, 0.4) is 0 Å². The third-order valence-corrected chi connectivity index (χ3v) is 4.98. The molecule has 0 fully saturated rings. The summed E-state index contributed by atoms with van der Waals surface area (Å²) in [6.45, 7) is 4.80. The molecule has 0 amide bonds. The number of nitrogens with one attached hydrogen (secondary N) is 2. The number of pyridine rings is 1. The summed E-state index contributed by atoms with van der Waals surface area (Å²) in [6, 6.07) is 14.1. The zero-order chi connectivity index (χ0) is 17.6. The molecule has 1 unspecified atom stereocenters. The first-order valence-corrected chi connectivity index (χ1v) is 9.57. The van der Waals surface area contributed by atoms with Gasteiger partial charge in [-0.25, -0.2) is 4.98 Å². The van der Waals surface area contributed by atoms with Crippen LogP contribution in [0.15, 0.2) is 42.5 Å². The smallest absolute Gasteiger partial charge is 0.0745 e. The molecule has 1 atom stereocenters. The van der Waals surface area contributed by atoms with Gasteiger partial charge in [0.05, 0.1) is 16.7 Å². The third kappa shape index (κ3) is 6.27. The number of aromatic nitrogens is 1. The van der Waals surface area contributed by atoms with Crippen LogP contribution in [0.5, 0.6) is 0 Å². The molecule has 0 saturated carbocycles. The molecule has 3 rings (SSSR count). The van der Waals surface area contributed by atoms with E-state index in [0.717, 1.165) is 60.0 Å². The van der Waals surface area contributed by atoms with Crippen LogP contribution in [0.1, 0.15) is 19.8 Å². The average Bonchev–Trinajstić information content (AvgIpc) is 2.63. The van der Waals surface area contributed by atoms with Gasteiger partial charge in [0.15, 0.2) is 0 Å². The minimum atomic E-state index is 0. The number of hydrogen-bond donors (Lipinski definition) is 2. The maximum atomic E-state index is 6.14. The number of hydrogen-bond acceptors (Lipinski definition) is 3. The van der Waals surface area contributed by atoms with Gasteiger partial charge in [0.25, 0.3) is 0 Å². The van der Waals surface area contributed by atoms with Gasteiger partial charge in [-0.15, -0.1) is 36.4 Å². The Morgan fingerprint density at radius 3 is 2.52 bits per heavy atom. The van der Waals surface area contributed by atoms with Crippen LogP contribution in [0.25, 0.3) is 21.8 Å². The standard InChI is InChI=1S/C20H23Cl2N3.2ClH/c1-2-14(21)13-23-10-5-11-24-20-16-6-3-4-7-18(16)25-19-12-15(22)8-9-17(19)20;;/h3-4,6-9,12,14,23H,2,5,10-11,13H2,1H3,(H,24,25);2*1H. The normalized spacial score (nSPS) is 11.7. The van der Waals surface area contributed by atoms with Gasteiger partial charge < -0.3 is 10.6 Å². The second-order valence-electron chi connectivity index (χ2n) is 6.16. The van der Waals surface area contributed by atoms with E-state index in [1.165, 1.54) is 0 Å². The molecular formula is C20H25Cl4N3. The first kappa shape index (κ1) is 24.1. The van der Waals surface area contributed by atoms with Crippen molar-refractivity contribution in [2.75, 3.05) is 25.0 Å². The monoisotopic (exact) mass is 447 g/mol. The van der Waals surface area contributed by atoms with Crippen molar-refractivity contribution in [2.24, 2.45) is 0 Å². The Hall–Kier alpha value is -0.970. The molecule has 27 heavy (non-hydrogen) atoms.